The number of nitrogens with zero attached hydrogens (tertiary/aromatic N) is 5. The zero-order valence-electron chi connectivity index (χ0n) is 25.7. The van der Waals surface area contributed by atoms with Crippen molar-refractivity contribution in [2.24, 2.45) is 5.16 Å². The second-order valence-corrected chi connectivity index (χ2v) is 13.7. The third kappa shape index (κ3) is 8.36. The fraction of sp³-hybridized carbons (Fsp3) is 0.296. The number of amides is 2. The average Bonchev–Trinajstić information content (AvgIpc) is 3.68. The largest absolute Gasteiger partial charge is 1.00 e. The van der Waals surface area contributed by atoms with Crippen molar-refractivity contribution in [2.75, 3.05) is 23.8 Å². The van der Waals surface area contributed by atoms with Gasteiger partial charge in [-0.15, -0.1) is 33.3 Å². The van der Waals surface area contributed by atoms with Crippen LogP contribution in [0.2, 0.25) is 0 Å². The van der Waals surface area contributed by atoms with E-state index in [2.05, 4.69) is 25.7 Å². The number of fused-ring (bicyclic) bond motifs is 1. The molecule has 0 aliphatic carbocycles. The van der Waals surface area contributed by atoms with Gasteiger partial charge >= 0.3 is 41.5 Å². The van der Waals surface area contributed by atoms with Crippen LogP contribution in [0.5, 0.6) is 11.5 Å². The van der Waals surface area contributed by atoms with E-state index in [-0.39, 0.29) is 81.4 Å². The molecular formula is C27H24N7NaO9S4. The van der Waals surface area contributed by atoms with Crippen molar-refractivity contribution in [3.8, 4) is 22.1 Å². The van der Waals surface area contributed by atoms with Crippen LogP contribution in [0.4, 0.5) is 5.13 Å². The molecule has 0 unspecified atom stereocenters. The van der Waals surface area contributed by atoms with Crippen molar-refractivity contribution in [1.82, 2.24) is 25.4 Å². The minimum Gasteiger partial charge on any atom is -0.543 e. The van der Waals surface area contributed by atoms with E-state index in [1.165, 1.54) is 66.2 Å². The van der Waals surface area contributed by atoms with E-state index in [1.807, 2.05) is 0 Å². The van der Waals surface area contributed by atoms with Gasteiger partial charge in [0.2, 0.25) is 0 Å². The van der Waals surface area contributed by atoms with E-state index in [0.717, 1.165) is 16.2 Å². The van der Waals surface area contributed by atoms with Gasteiger partial charge in [-0.05, 0) is 30.7 Å². The first-order chi connectivity index (χ1) is 22.5. The normalized spacial score (nSPS) is 17.1. The summed E-state index contributed by atoms with van der Waals surface area (Å²) in [5.41, 5.74) is 6.42. The van der Waals surface area contributed by atoms with E-state index in [4.69, 9.17) is 20.0 Å². The molecule has 16 nitrogen and oxygen atoms in total. The van der Waals surface area contributed by atoms with Gasteiger partial charge in [0.05, 0.1) is 11.7 Å². The molecule has 0 spiro atoms. The van der Waals surface area contributed by atoms with Gasteiger partial charge < -0.3 is 35.3 Å². The Morgan fingerprint density at radius 2 is 1.90 bits per heavy atom. The molecule has 1 fully saturated rings. The number of nitrogens with two attached hydrogens (primary N) is 1. The second-order valence-electron chi connectivity index (χ2n) is 9.54. The van der Waals surface area contributed by atoms with Crippen molar-refractivity contribution in [1.29, 1.82) is 0 Å². The number of anilines is 1. The first-order valence-corrected chi connectivity index (χ1v) is 17.3. The standard InChI is InChI=1S/C27H25N7O9S4.Na/c1-4-41-33-18(15-10-45-26(28)29-15)21(37)30-19-23(38)34-20(25(39)40)14(8-44-24(19)34)9-46-27-32-31-22(47-27)13-5-6-16(42-11(2)35)17(7-13)43-12(3)36;/h5-7,10,19,24H,4,8-9H2,1-3H3,(H2,28,29)(H,30,37)(H,39,40);/q;+1/p-1/t19-,24+;/m1./s1. The van der Waals surface area contributed by atoms with Crippen molar-refractivity contribution < 1.29 is 72.9 Å². The molecule has 2 amide bonds. The van der Waals surface area contributed by atoms with Crippen LogP contribution in [-0.2, 0) is 28.8 Å². The number of aliphatic carboxylic acids is 1. The smallest absolute Gasteiger partial charge is 0.543 e. The number of ether oxygens (including phenoxy) is 2. The predicted octanol–water partition coefficient (Wildman–Crippen LogP) is -1.96. The molecule has 21 heteroatoms. The van der Waals surface area contributed by atoms with Gasteiger partial charge in [-0.25, -0.2) is 4.98 Å². The number of carboxylic acid groups (broad SMARTS) is 1. The van der Waals surface area contributed by atoms with E-state index in [1.54, 1.807) is 13.0 Å². The number of oxime groups is 1. The number of benzene rings is 1. The van der Waals surface area contributed by atoms with E-state index in [0.29, 0.717) is 20.5 Å². The predicted molar refractivity (Wildman–Crippen MR) is 170 cm³/mol. The number of hydrogen-bond donors (Lipinski definition) is 2. The van der Waals surface area contributed by atoms with Crippen LogP contribution in [-0.4, -0.2) is 85.0 Å². The molecule has 246 valence electrons. The summed E-state index contributed by atoms with van der Waals surface area (Å²) in [7, 11) is 0. The number of thiazole rings is 1. The van der Waals surface area contributed by atoms with Crippen LogP contribution < -0.4 is 55.2 Å². The Morgan fingerprint density at radius 1 is 1.17 bits per heavy atom. The van der Waals surface area contributed by atoms with E-state index >= 15 is 0 Å². The summed E-state index contributed by atoms with van der Waals surface area (Å²) in [4.78, 5) is 71.7. The number of thioether (sulfide) groups is 2. The molecule has 0 bridgehead atoms. The number of nitrogens with one attached hydrogen (secondary N) is 1. The number of aromatic nitrogens is 3. The minimum absolute atomic E-state index is 0. The van der Waals surface area contributed by atoms with Crippen molar-refractivity contribution >= 4 is 86.8 Å². The summed E-state index contributed by atoms with van der Waals surface area (Å²) in [5, 5.41) is 28.5. The summed E-state index contributed by atoms with van der Waals surface area (Å²) in [6, 6.07) is 3.56. The van der Waals surface area contributed by atoms with Gasteiger partial charge in [0.15, 0.2) is 26.7 Å². The molecule has 2 aliphatic heterocycles. The van der Waals surface area contributed by atoms with Gasteiger partial charge in [-0.1, -0.05) is 28.3 Å². The zero-order valence-corrected chi connectivity index (χ0v) is 31.0. The number of hydrogen-bond acceptors (Lipinski definition) is 18. The molecule has 0 saturated carbocycles. The molecule has 4 heterocycles. The van der Waals surface area contributed by atoms with Crippen molar-refractivity contribution in [3.05, 3.63) is 40.5 Å². The number of carbonyl (C=O) groups excluding carboxylic acids is 5. The fourth-order valence-electron chi connectivity index (χ4n) is 4.37. The molecule has 3 aromatic rings. The number of β-lactam (4-membered cyclic amide) rings is 1. The number of nitrogen functional groups attached to an aromatic ring is 1. The molecule has 2 aliphatic rings. The van der Waals surface area contributed by atoms with Gasteiger partial charge in [-0.3, -0.25) is 24.1 Å². The van der Waals surface area contributed by atoms with Gasteiger partial charge in [0.25, 0.3) is 11.8 Å². The molecule has 0 radical (unpaired) electrons. The van der Waals surface area contributed by atoms with Crippen LogP contribution in [0.1, 0.15) is 26.5 Å². The molecule has 1 saturated heterocycles. The SMILES string of the molecule is CCON=C(C(=O)N[C@@H]1C(=O)N2C(C(=O)[O-])=C(CSc3nnc(-c4ccc(OC(C)=O)c(OC(C)=O)c4)s3)CS[C@@H]12)c1csc(N)n1.[Na+]. The van der Waals surface area contributed by atoms with Crippen LogP contribution in [0.15, 0.2) is 44.3 Å². The average molecular weight is 742 g/mol. The Morgan fingerprint density at radius 3 is 2.54 bits per heavy atom. The third-order valence-electron chi connectivity index (χ3n) is 6.27. The van der Waals surface area contributed by atoms with Crippen LogP contribution in [0, 0.1) is 0 Å². The van der Waals surface area contributed by atoms with Gasteiger partial charge in [0.1, 0.15) is 28.7 Å². The fourth-order valence-corrected chi connectivity index (χ4v) is 8.25. The number of carboxylic acids is 1. The quantitative estimate of drug-likeness (QED) is 0.0391. The number of carbonyl (C=O) groups is 5. The third-order valence-corrected chi connectivity index (χ3v) is 10.5. The van der Waals surface area contributed by atoms with Crippen LogP contribution >= 0.6 is 46.2 Å². The maximum absolute atomic E-state index is 13.2. The maximum atomic E-state index is 13.2. The summed E-state index contributed by atoms with van der Waals surface area (Å²) in [6.45, 7) is 4.30. The molecule has 1 aromatic carbocycles. The van der Waals surface area contributed by atoms with Crippen LogP contribution in [0.25, 0.3) is 10.6 Å². The summed E-state index contributed by atoms with van der Waals surface area (Å²) in [6.07, 6.45) is 0. The molecule has 48 heavy (non-hydrogen) atoms. The zero-order chi connectivity index (χ0) is 33.8. The Kier molecular flexibility index (Phi) is 12.6. The van der Waals surface area contributed by atoms with Crippen molar-refractivity contribution in [3.63, 3.8) is 0 Å². The summed E-state index contributed by atoms with van der Waals surface area (Å²) < 4.78 is 10.8. The van der Waals surface area contributed by atoms with Gasteiger partial charge in [0, 0.05) is 36.3 Å². The van der Waals surface area contributed by atoms with Gasteiger partial charge in [-0.2, -0.15) is 0 Å². The van der Waals surface area contributed by atoms with E-state index in [9.17, 15) is 29.1 Å². The topological polar surface area (TPSA) is 228 Å². The second kappa shape index (κ2) is 16.2. The first kappa shape index (κ1) is 37.3. The minimum atomic E-state index is -1.52. The number of rotatable bonds is 12. The van der Waals surface area contributed by atoms with Crippen LogP contribution in [0.3, 0.4) is 0 Å². The summed E-state index contributed by atoms with van der Waals surface area (Å²) >= 11 is 4.81. The molecular weight excluding hydrogens is 718 g/mol. The Labute approximate surface area is 311 Å². The first-order valence-electron chi connectivity index (χ1n) is 13.5. The Bertz CT molecular complexity index is 1830. The summed E-state index contributed by atoms with van der Waals surface area (Å²) in [5.74, 6) is -3.55. The molecule has 2 aromatic heterocycles. The van der Waals surface area contributed by atoms with E-state index < -0.39 is 41.1 Å². The molecule has 3 N–H and O–H groups in total. The maximum Gasteiger partial charge on any atom is 1.00 e. The molecule has 2 atom stereocenters. The Balaban J connectivity index is 0.00000520. The Hall–Kier alpha value is -3.53. The number of esters is 2. The van der Waals surface area contributed by atoms with Crippen molar-refractivity contribution in [2.45, 2.75) is 36.5 Å². The molecule has 5 rings (SSSR count). The monoisotopic (exact) mass is 741 g/mol.